The van der Waals surface area contributed by atoms with E-state index in [4.69, 9.17) is 21.9 Å². The van der Waals surface area contributed by atoms with Crippen molar-refractivity contribution in [2.45, 2.75) is 115 Å². The minimum Gasteiger partial charge on any atom is -0.508 e. The second-order valence-corrected chi connectivity index (χ2v) is 12.4. The Balaban J connectivity index is 3.17. The Morgan fingerprint density at radius 1 is 0.660 bits per heavy atom. The number of unbranched alkanes of at least 4 members (excludes halogenated alkanes) is 3. The van der Waals surface area contributed by atoms with Gasteiger partial charge in [0.15, 0.2) is 0 Å². The van der Waals surface area contributed by atoms with Crippen molar-refractivity contribution in [1.29, 1.82) is 0 Å². The van der Waals surface area contributed by atoms with Crippen LogP contribution in [0, 0.1) is 0 Å². The molecule has 15 heteroatoms. The van der Waals surface area contributed by atoms with Crippen LogP contribution in [0.1, 0.15) is 84.1 Å². The fourth-order valence-corrected chi connectivity index (χ4v) is 4.62. The van der Waals surface area contributed by atoms with Crippen LogP contribution in [-0.4, -0.2) is 89.4 Å². The van der Waals surface area contributed by atoms with Gasteiger partial charge in [-0.25, -0.2) is 9.59 Å². The molecule has 1 aromatic carbocycles. The van der Waals surface area contributed by atoms with E-state index in [1.165, 1.54) is 12.1 Å². The lowest BCUT2D eigenvalue weighted by Gasteiger charge is -2.27. The Morgan fingerprint density at radius 3 is 1.40 bits per heavy atom. The number of hydrogen-bond donors (Lipinski definition) is 9. The molecule has 0 unspecified atom stereocenters. The quantitative estimate of drug-likeness (QED) is 0.0781. The van der Waals surface area contributed by atoms with Crippen LogP contribution >= 0.6 is 0 Å². The summed E-state index contributed by atoms with van der Waals surface area (Å²) in [6.07, 6.45) is 3.03. The molecular formula is C32H55N7O8. The first-order valence-corrected chi connectivity index (χ1v) is 16.2. The highest BCUT2D eigenvalue weighted by Crippen LogP contribution is 2.13. The van der Waals surface area contributed by atoms with E-state index in [0.29, 0.717) is 63.7 Å². The maximum Gasteiger partial charge on any atom is 0.408 e. The minimum atomic E-state index is -1.31. The Bertz CT molecular complexity index is 1130. The number of carbonyl (C=O) groups is 5. The van der Waals surface area contributed by atoms with Gasteiger partial charge in [-0.2, -0.15) is 0 Å². The van der Waals surface area contributed by atoms with Crippen molar-refractivity contribution in [3.8, 4) is 5.75 Å². The maximum atomic E-state index is 13.6. The van der Waals surface area contributed by atoms with E-state index in [1.807, 2.05) is 0 Å². The number of alkyl carbamates (subject to hydrolysis) is 1. The zero-order chi connectivity index (χ0) is 35.4. The summed E-state index contributed by atoms with van der Waals surface area (Å²) < 4.78 is 5.32. The van der Waals surface area contributed by atoms with E-state index in [2.05, 4.69) is 21.3 Å². The summed E-state index contributed by atoms with van der Waals surface area (Å²) in [5.74, 6) is -3.22. The molecule has 0 fully saturated rings. The molecule has 0 saturated carbocycles. The number of aromatic hydroxyl groups is 1. The number of phenolic OH excluding ortho intramolecular Hbond substituents is 1. The monoisotopic (exact) mass is 665 g/mol. The van der Waals surface area contributed by atoms with Crippen molar-refractivity contribution in [3.05, 3.63) is 29.8 Å². The molecule has 0 aliphatic heterocycles. The summed E-state index contributed by atoms with van der Waals surface area (Å²) in [5.41, 5.74) is 16.7. The molecule has 0 radical (unpaired) electrons. The summed E-state index contributed by atoms with van der Waals surface area (Å²) in [4.78, 5) is 65.0. The van der Waals surface area contributed by atoms with Crippen molar-refractivity contribution in [2.75, 3.05) is 19.6 Å². The number of nitrogens with two attached hydrogens (primary N) is 3. The van der Waals surface area contributed by atoms with Gasteiger partial charge < -0.3 is 53.4 Å². The number of nitrogens with one attached hydrogen (secondary N) is 4. The van der Waals surface area contributed by atoms with Gasteiger partial charge in [-0.1, -0.05) is 12.1 Å². The van der Waals surface area contributed by atoms with Gasteiger partial charge in [0.05, 0.1) is 0 Å². The normalized spacial score (nSPS) is 13.8. The fourth-order valence-electron chi connectivity index (χ4n) is 4.62. The van der Waals surface area contributed by atoms with E-state index in [0.717, 1.165) is 0 Å². The van der Waals surface area contributed by atoms with Gasteiger partial charge in [0.2, 0.25) is 17.7 Å². The number of ether oxygens (including phenoxy) is 1. The molecule has 1 aromatic rings. The third kappa shape index (κ3) is 17.5. The van der Waals surface area contributed by atoms with Gasteiger partial charge in [-0.15, -0.1) is 0 Å². The topological polar surface area (TPSA) is 261 Å². The van der Waals surface area contributed by atoms with Gasteiger partial charge in [0.1, 0.15) is 35.5 Å². The first-order valence-electron chi connectivity index (χ1n) is 16.2. The summed E-state index contributed by atoms with van der Waals surface area (Å²) in [7, 11) is 0. The number of hydrogen-bond acceptors (Lipinski definition) is 10. The molecule has 0 aliphatic carbocycles. The molecule has 0 bridgehead atoms. The van der Waals surface area contributed by atoms with Crippen LogP contribution in [0.15, 0.2) is 24.3 Å². The lowest BCUT2D eigenvalue weighted by molar-refractivity contribution is -0.142. The van der Waals surface area contributed by atoms with Crippen LogP contribution in [0.3, 0.4) is 0 Å². The predicted molar refractivity (Wildman–Crippen MR) is 177 cm³/mol. The SMILES string of the molecule is CC(C)(C)OC(=O)N[C@@H](CCCCN)C(=O)N[C@@H](CCCCN)C(=O)N[C@@H](CCCCN)C(=O)N[C@@H](Cc1ccc(O)cc1)C(=O)O. The standard InChI is InChI=1S/C32H55N7O8/c1-32(2,3)47-31(46)39-25(12-6-9-19-35)29(43)37-23(10-4-7-17-33)27(41)36-24(11-5-8-18-34)28(42)38-26(30(44)45)20-21-13-15-22(40)16-14-21/h13-16,23-26,40H,4-12,17-20,33-35H2,1-3H3,(H,36,41)(H,37,43)(H,38,42)(H,39,46)(H,44,45)/t23-,24-,25-,26-/m0/s1. The van der Waals surface area contributed by atoms with E-state index in [9.17, 15) is 34.2 Å². The Kier molecular flexibility index (Phi) is 19.0. The number of benzene rings is 1. The Hall–Kier alpha value is -3.95. The number of phenols is 1. The molecule has 0 spiro atoms. The molecule has 12 N–H and O–H groups in total. The molecule has 0 heterocycles. The van der Waals surface area contributed by atoms with Crippen molar-refractivity contribution < 1.29 is 38.9 Å². The van der Waals surface area contributed by atoms with Gasteiger partial charge >= 0.3 is 12.1 Å². The van der Waals surface area contributed by atoms with Crippen LogP contribution in [0.4, 0.5) is 4.79 Å². The van der Waals surface area contributed by atoms with Crippen LogP contribution in [0.2, 0.25) is 0 Å². The number of amides is 4. The Morgan fingerprint density at radius 2 is 1.04 bits per heavy atom. The molecule has 4 atom stereocenters. The lowest BCUT2D eigenvalue weighted by Crippen LogP contribution is -2.58. The van der Waals surface area contributed by atoms with Crippen LogP contribution in [0.25, 0.3) is 0 Å². The first-order chi connectivity index (χ1) is 22.2. The molecule has 15 nitrogen and oxygen atoms in total. The molecule has 0 aromatic heterocycles. The zero-order valence-electron chi connectivity index (χ0n) is 27.9. The third-order valence-electron chi connectivity index (χ3n) is 7.10. The number of carboxylic acid groups (broad SMARTS) is 1. The second kappa shape index (κ2) is 21.8. The highest BCUT2D eigenvalue weighted by atomic mass is 16.6. The molecule has 0 aliphatic rings. The highest BCUT2D eigenvalue weighted by Gasteiger charge is 2.31. The van der Waals surface area contributed by atoms with E-state index in [1.54, 1.807) is 32.9 Å². The maximum absolute atomic E-state index is 13.6. The molecule has 0 saturated heterocycles. The number of carboxylic acids is 1. The summed E-state index contributed by atoms with van der Waals surface area (Å²) in [6.45, 7) is 6.21. The van der Waals surface area contributed by atoms with E-state index < -0.39 is 59.6 Å². The molecule has 266 valence electrons. The van der Waals surface area contributed by atoms with E-state index >= 15 is 0 Å². The lowest BCUT2D eigenvalue weighted by atomic mass is 10.0. The van der Waals surface area contributed by atoms with E-state index in [-0.39, 0.29) is 31.4 Å². The molecular weight excluding hydrogens is 610 g/mol. The predicted octanol–water partition coefficient (Wildman–Crippen LogP) is 0.754. The number of carbonyl (C=O) groups excluding carboxylic acids is 4. The van der Waals surface area contributed by atoms with Crippen molar-refractivity contribution in [2.24, 2.45) is 17.2 Å². The summed E-state index contributed by atoms with van der Waals surface area (Å²) in [6, 6.07) is 1.40. The zero-order valence-corrected chi connectivity index (χ0v) is 27.9. The first kappa shape index (κ1) is 41.1. The van der Waals surface area contributed by atoms with Gasteiger partial charge in [-0.05, 0) is 116 Å². The van der Waals surface area contributed by atoms with Crippen molar-refractivity contribution in [3.63, 3.8) is 0 Å². The molecule has 4 amide bonds. The summed E-state index contributed by atoms with van der Waals surface area (Å²) >= 11 is 0. The molecule has 1 rings (SSSR count). The average molecular weight is 666 g/mol. The number of aliphatic carboxylic acids is 1. The van der Waals surface area contributed by atoms with Crippen molar-refractivity contribution >= 4 is 29.8 Å². The smallest absolute Gasteiger partial charge is 0.408 e. The van der Waals surface area contributed by atoms with Gasteiger partial charge in [-0.3, -0.25) is 14.4 Å². The van der Waals surface area contributed by atoms with Gasteiger partial charge in [0.25, 0.3) is 0 Å². The molecule has 47 heavy (non-hydrogen) atoms. The second-order valence-electron chi connectivity index (χ2n) is 12.4. The minimum absolute atomic E-state index is 0.0166. The fraction of sp³-hybridized carbons (Fsp3) is 0.656. The highest BCUT2D eigenvalue weighted by molar-refractivity contribution is 5.94. The van der Waals surface area contributed by atoms with Crippen LogP contribution < -0.4 is 38.5 Å². The third-order valence-corrected chi connectivity index (χ3v) is 7.10. The largest absolute Gasteiger partial charge is 0.508 e. The van der Waals surface area contributed by atoms with Crippen molar-refractivity contribution in [1.82, 2.24) is 21.3 Å². The van der Waals surface area contributed by atoms with Gasteiger partial charge in [0, 0.05) is 6.42 Å². The Labute approximate surface area is 277 Å². The average Bonchev–Trinajstić information content (AvgIpc) is 2.99. The van der Waals surface area contributed by atoms with Crippen LogP contribution in [-0.2, 0) is 30.3 Å². The van der Waals surface area contributed by atoms with Crippen LogP contribution in [0.5, 0.6) is 5.75 Å². The summed E-state index contributed by atoms with van der Waals surface area (Å²) in [5, 5.41) is 29.8. The number of rotatable bonds is 22.